The Bertz CT molecular complexity index is 551. The Morgan fingerprint density at radius 2 is 1.95 bits per heavy atom. The highest BCUT2D eigenvalue weighted by Gasteiger charge is 2.14. The smallest absolute Gasteiger partial charge is 0.227 e. The van der Waals surface area contributed by atoms with E-state index in [0.29, 0.717) is 23.5 Å². The molecular formula is C13H18N4O2. The fourth-order valence-electron chi connectivity index (χ4n) is 1.76. The normalized spacial score (nSPS) is 10.8. The van der Waals surface area contributed by atoms with Crippen molar-refractivity contribution in [3.05, 3.63) is 18.0 Å². The van der Waals surface area contributed by atoms with Gasteiger partial charge in [0.1, 0.15) is 5.82 Å². The zero-order valence-electron chi connectivity index (χ0n) is 11.6. The first kappa shape index (κ1) is 13.3. The summed E-state index contributed by atoms with van der Waals surface area (Å²) in [6.07, 6.45) is 0.860. The highest BCUT2D eigenvalue weighted by molar-refractivity contribution is 5.61. The SMILES string of the molecule is COc1ccc(-c2n[nH]c(CC(C)C)n2)c(OC)n1. The minimum absolute atomic E-state index is 0.453. The molecule has 6 nitrogen and oxygen atoms in total. The van der Waals surface area contributed by atoms with E-state index in [1.807, 2.05) is 6.07 Å². The second-order valence-corrected chi connectivity index (χ2v) is 4.61. The minimum atomic E-state index is 0.453. The molecule has 0 aliphatic rings. The fourth-order valence-corrected chi connectivity index (χ4v) is 1.76. The third kappa shape index (κ3) is 3.01. The van der Waals surface area contributed by atoms with E-state index in [1.165, 1.54) is 0 Å². The average Bonchev–Trinajstić information content (AvgIpc) is 2.85. The molecule has 2 aromatic heterocycles. The Hall–Kier alpha value is -2.11. The maximum Gasteiger partial charge on any atom is 0.227 e. The van der Waals surface area contributed by atoms with Crippen LogP contribution in [-0.2, 0) is 6.42 Å². The molecule has 0 spiro atoms. The number of aromatic nitrogens is 4. The summed E-state index contributed by atoms with van der Waals surface area (Å²) < 4.78 is 10.3. The lowest BCUT2D eigenvalue weighted by Gasteiger charge is -2.06. The number of H-pyrrole nitrogens is 1. The standard InChI is InChI=1S/C13H18N4O2/c1-8(2)7-10-14-12(17-16-10)9-5-6-11(18-3)15-13(9)19-4/h5-6,8H,7H2,1-4H3,(H,14,16,17). The van der Waals surface area contributed by atoms with Crippen molar-refractivity contribution in [3.8, 4) is 23.1 Å². The van der Waals surface area contributed by atoms with E-state index < -0.39 is 0 Å². The minimum Gasteiger partial charge on any atom is -0.481 e. The van der Waals surface area contributed by atoms with Crippen LogP contribution in [-0.4, -0.2) is 34.4 Å². The van der Waals surface area contributed by atoms with Gasteiger partial charge in [0.25, 0.3) is 0 Å². The fraction of sp³-hybridized carbons (Fsp3) is 0.462. The summed E-state index contributed by atoms with van der Waals surface area (Å²) in [4.78, 5) is 8.68. The van der Waals surface area contributed by atoms with Gasteiger partial charge in [0, 0.05) is 12.5 Å². The zero-order valence-corrected chi connectivity index (χ0v) is 11.6. The molecule has 2 rings (SSSR count). The summed E-state index contributed by atoms with van der Waals surface area (Å²) in [6.45, 7) is 4.27. The second kappa shape index (κ2) is 5.69. The third-order valence-electron chi connectivity index (χ3n) is 2.61. The monoisotopic (exact) mass is 262 g/mol. The van der Waals surface area contributed by atoms with Gasteiger partial charge >= 0.3 is 0 Å². The summed E-state index contributed by atoms with van der Waals surface area (Å²) in [5, 5.41) is 7.15. The lowest BCUT2D eigenvalue weighted by molar-refractivity contribution is 0.365. The van der Waals surface area contributed by atoms with E-state index >= 15 is 0 Å². The van der Waals surface area contributed by atoms with E-state index in [9.17, 15) is 0 Å². The number of hydrogen-bond acceptors (Lipinski definition) is 5. The number of nitrogens with one attached hydrogen (secondary N) is 1. The molecule has 0 saturated heterocycles. The summed E-state index contributed by atoms with van der Waals surface area (Å²) in [7, 11) is 3.13. The van der Waals surface area contributed by atoms with Gasteiger partial charge in [0.05, 0.1) is 19.8 Å². The van der Waals surface area contributed by atoms with E-state index in [4.69, 9.17) is 9.47 Å². The molecule has 0 fully saturated rings. The lowest BCUT2D eigenvalue weighted by Crippen LogP contribution is -1.97. The number of nitrogens with zero attached hydrogens (tertiary/aromatic N) is 3. The molecule has 1 N–H and O–H groups in total. The summed E-state index contributed by atoms with van der Waals surface area (Å²) in [5.41, 5.74) is 0.745. The number of hydrogen-bond donors (Lipinski definition) is 1. The first-order chi connectivity index (χ1) is 9.13. The highest BCUT2D eigenvalue weighted by Crippen LogP contribution is 2.27. The van der Waals surface area contributed by atoms with Gasteiger partial charge in [0.15, 0.2) is 5.82 Å². The van der Waals surface area contributed by atoms with Crippen LogP contribution in [0.5, 0.6) is 11.8 Å². The van der Waals surface area contributed by atoms with Crippen LogP contribution in [0.3, 0.4) is 0 Å². The van der Waals surface area contributed by atoms with Crippen molar-refractivity contribution in [3.63, 3.8) is 0 Å². The molecule has 0 saturated carbocycles. The molecule has 19 heavy (non-hydrogen) atoms. The van der Waals surface area contributed by atoms with Gasteiger partial charge in [-0.3, -0.25) is 5.10 Å². The van der Waals surface area contributed by atoms with Crippen molar-refractivity contribution < 1.29 is 9.47 Å². The first-order valence-corrected chi connectivity index (χ1v) is 6.14. The number of methoxy groups -OCH3 is 2. The van der Waals surface area contributed by atoms with Crippen LogP contribution in [0.2, 0.25) is 0 Å². The predicted molar refractivity (Wildman–Crippen MR) is 71.3 cm³/mol. The molecule has 2 heterocycles. The summed E-state index contributed by atoms with van der Waals surface area (Å²) >= 11 is 0. The van der Waals surface area contributed by atoms with E-state index in [-0.39, 0.29) is 0 Å². The van der Waals surface area contributed by atoms with Crippen molar-refractivity contribution >= 4 is 0 Å². The maximum absolute atomic E-state index is 5.25. The first-order valence-electron chi connectivity index (χ1n) is 6.14. The molecular weight excluding hydrogens is 244 g/mol. The van der Waals surface area contributed by atoms with Gasteiger partial charge in [-0.2, -0.15) is 10.1 Å². The maximum atomic E-state index is 5.25. The number of ether oxygens (including phenoxy) is 2. The molecule has 102 valence electrons. The molecule has 0 aliphatic heterocycles. The van der Waals surface area contributed by atoms with Crippen molar-refractivity contribution in [1.29, 1.82) is 0 Å². The lowest BCUT2D eigenvalue weighted by atomic mass is 10.1. The van der Waals surface area contributed by atoms with Crippen molar-refractivity contribution in [1.82, 2.24) is 20.2 Å². The van der Waals surface area contributed by atoms with Crippen LogP contribution < -0.4 is 9.47 Å². The van der Waals surface area contributed by atoms with Gasteiger partial charge in [-0.25, -0.2) is 4.98 Å². The van der Waals surface area contributed by atoms with Gasteiger partial charge in [-0.1, -0.05) is 13.8 Å². The summed E-state index contributed by atoms with van der Waals surface area (Å²) in [5.74, 6) is 2.93. The van der Waals surface area contributed by atoms with E-state index in [1.54, 1.807) is 20.3 Å². The van der Waals surface area contributed by atoms with Crippen LogP contribution in [0.15, 0.2) is 12.1 Å². The Labute approximate surface area is 112 Å². The van der Waals surface area contributed by atoms with Gasteiger partial charge < -0.3 is 9.47 Å². The molecule has 0 aliphatic carbocycles. The molecule has 0 bridgehead atoms. The van der Waals surface area contributed by atoms with Gasteiger partial charge in [-0.15, -0.1) is 0 Å². The molecule has 0 unspecified atom stereocenters. The third-order valence-corrected chi connectivity index (χ3v) is 2.61. The van der Waals surface area contributed by atoms with Gasteiger partial charge in [0.2, 0.25) is 11.8 Å². The number of rotatable bonds is 5. The molecule has 6 heteroatoms. The topological polar surface area (TPSA) is 72.9 Å². The largest absolute Gasteiger partial charge is 0.481 e. The van der Waals surface area contributed by atoms with Crippen LogP contribution in [0.4, 0.5) is 0 Å². The average molecular weight is 262 g/mol. The van der Waals surface area contributed by atoms with Crippen LogP contribution in [0.1, 0.15) is 19.7 Å². The van der Waals surface area contributed by atoms with Gasteiger partial charge in [-0.05, 0) is 12.0 Å². The Morgan fingerprint density at radius 1 is 1.16 bits per heavy atom. The van der Waals surface area contributed by atoms with Crippen LogP contribution in [0.25, 0.3) is 11.4 Å². The predicted octanol–water partition coefficient (Wildman–Crippen LogP) is 2.08. The summed E-state index contributed by atoms with van der Waals surface area (Å²) in [6, 6.07) is 3.60. The Balaban J connectivity index is 2.33. The van der Waals surface area contributed by atoms with Crippen molar-refractivity contribution in [2.24, 2.45) is 5.92 Å². The second-order valence-electron chi connectivity index (χ2n) is 4.61. The quantitative estimate of drug-likeness (QED) is 0.893. The molecule has 0 atom stereocenters. The van der Waals surface area contributed by atoms with E-state index in [0.717, 1.165) is 17.8 Å². The van der Waals surface area contributed by atoms with Crippen molar-refractivity contribution in [2.45, 2.75) is 20.3 Å². The van der Waals surface area contributed by atoms with Crippen molar-refractivity contribution in [2.75, 3.05) is 14.2 Å². The molecule has 0 aromatic carbocycles. The van der Waals surface area contributed by atoms with E-state index in [2.05, 4.69) is 34.0 Å². The number of aromatic amines is 1. The van der Waals surface area contributed by atoms with Crippen LogP contribution in [0, 0.1) is 5.92 Å². The number of pyridine rings is 1. The zero-order chi connectivity index (χ0) is 13.8. The highest BCUT2D eigenvalue weighted by atomic mass is 16.5. The van der Waals surface area contributed by atoms with Crippen LogP contribution >= 0.6 is 0 Å². The molecule has 2 aromatic rings. The molecule has 0 radical (unpaired) electrons. The Kier molecular flexibility index (Phi) is 3.99. The Morgan fingerprint density at radius 3 is 2.58 bits per heavy atom. The molecule has 0 amide bonds.